The Kier molecular flexibility index (Phi) is 1.44. The fourth-order valence-electron chi connectivity index (χ4n) is 1.12. The molecule has 0 saturated heterocycles. The molecule has 0 unspecified atom stereocenters. The first-order valence-electron chi connectivity index (χ1n) is 3.45. The zero-order valence-electron chi connectivity index (χ0n) is 6.45. The third-order valence-corrected chi connectivity index (χ3v) is 1.81. The number of nitrogen functional groups attached to an aromatic ring is 1. The van der Waals surface area contributed by atoms with Crippen LogP contribution in [0.1, 0.15) is 5.56 Å². The lowest BCUT2D eigenvalue weighted by molar-refractivity contribution is 0.962. The van der Waals surface area contributed by atoms with Crippen LogP contribution in [0.25, 0.3) is 5.65 Å². The summed E-state index contributed by atoms with van der Waals surface area (Å²) in [4.78, 5) is 4.02. The number of aromatic nitrogens is 3. The van der Waals surface area contributed by atoms with Crippen molar-refractivity contribution in [3.8, 4) is 0 Å². The van der Waals surface area contributed by atoms with Gasteiger partial charge in [-0.15, -0.1) is 5.10 Å². The average Bonchev–Trinajstić information content (AvgIpc) is 2.29. The predicted octanol–water partition coefficient (Wildman–Crippen LogP) is 1.27. The molecule has 0 aliphatic heterocycles. The molecular weight excluding hydrogens is 176 g/mol. The Labute approximate surface area is 74.0 Å². The molecule has 5 heteroatoms. The smallest absolute Gasteiger partial charge is 0.240 e. The number of hydrogen-bond donors (Lipinski definition) is 1. The highest BCUT2D eigenvalue weighted by molar-refractivity contribution is 6.30. The lowest BCUT2D eigenvalue weighted by Gasteiger charge is -1.95. The van der Waals surface area contributed by atoms with E-state index in [9.17, 15) is 0 Å². The van der Waals surface area contributed by atoms with Gasteiger partial charge in [0.25, 0.3) is 0 Å². The molecule has 0 saturated carbocycles. The molecular formula is C7H7ClN4. The quantitative estimate of drug-likeness (QED) is 0.668. The molecule has 0 atom stereocenters. The first-order chi connectivity index (χ1) is 5.66. The van der Waals surface area contributed by atoms with Crippen LogP contribution in [0.4, 0.5) is 5.95 Å². The third kappa shape index (κ3) is 1.00. The van der Waals surface area contributed by atoms with Gasteiger partial charge in [-0.1, -0.05) is 11.6 Å². The van der Waals surface area contributed by atoms with Gasteiger partial charge in [0, 0.05) is 6.20 Å². The first kappa shape index (κ1) is 7.36. The molecule has 2 N–H and O–H groups in total. The van der Waals surface area contributed by atoms with Gasteiger partial charge in [0.05, 0.1) is 5.02 Å². The lowest BCUT2D eigenvalue weighted by Crippen LogP contribution is -1.90. The van der Waals surface area contributed by atoms with E-state index in [1.807, 2.05) is 13.0 Å². The number of pyridine rings is 1. The summed E-state index contributed by atoms with van der Waals surface area (Å²) in [6.45, 7) is 1.91. The van der Waals surface area contributed by atoms with E-state index in [2.05, 4.69) is 10.1 Å². The second-order valence-corrected chi connectivity index (χ2v) is 3.02. The monoisotopic (exact) mass is 182 g/mol. The lowest BCUT2D eigenvalue weighted by atomic mass is 10.3. The molecule has 0 aliphatic rings. The number of halogens is 1. The summed E-state index contributed by atoms with van der Waals surface area (Å²) >= 11 is 5.80. The number of nitrogens with zero attached hydrogens (tertiary/aromatic N) is 3. The Balaban J connectivity index is 2.88. The molecule has 12 heavy (non-hydrogen) atoms. The zero-order chi connectivity index (χ0) is 8.72. The van der Waals surface area contributed by atoms with E-state index in [1.165, 1.54) is 0 Å². The van der Waals surface area contributed by atoms with Crippen molar-refractivity contribution in [3.63, 3.8) is 0 Å². The Morgan fingerprint density at radius 1 is 1.58 bits per heavy atom. The number of anilines is 1. The number of nitrogens with two attached hydrogens (primary N) is 1. The number of rotatable bonds is 0. The normalized spacial score (nSPS) is 10.8. The van der Waals surface area contributed by atoms with Gasteiger partial charge in [-0.25, -0.2) is 4.52 Å². The molecule has 0 spiro atoms. The summed E-state index contributed by atoms with van der Waals surface area (Å²) < 4.78 is 1.58. The van der Waals surface area contributed by atoms with Crippen molar-refractivity contribution in [2.75, 3.05) is 5.73 Å². The maximum Gasteiger partial charge on any atom is 0.240 e. The van der Waals surface area contributed by atoms with Crippen molar-refractivity contribution in [1.29, 1.82) is 0 Å². The van der Waals surface area contributed by atoms with Crippen molar-refractivity contribution in [2.24, 2.45) is 0 Å². The van der Waals surface area contributed by atoms with Gasteiger partial charge >= 0.3 is 0 Å². The van der Waals surface area contributed by atoms with Crippen LogP contribution >= 0.6 is 11.6 Å². The van der Waals surface area contributed by atoms with E-state index in [0.29, 0.717) is 5.02 Å². The Morgan fingerprint density at radius 3 is 3.08 bits per heavy atom. The van der Waals surface area contributed by atoms with Crippen LogP contribution in [0, 0.1) is 6.92 Å². The Morgan fingerprint density at radius 2 is 2.33 bits per heavy atom. The number of aryl methyl sites for hydroxylation is 1. The molecule has 2 rings (SSSR count). The third-order valence-electron chi connectivity index (χ3n) is 1.60. The second-order valence-electron chi connectivity index (χ2n) is 2.58. The summed E-state index contributed by atoms with van der Waals surface area (Å²) in [5.74, 6) is 0.264. The first-order valence-corrected chi connectivity index (χ1v) is 3.82. The topological polar surface area (TPSA) is 56.2 Å². The van der Waals surface area contributed by atoms with Crippen LogP contribution in [0.5, 0.6) is 0 Å². The van der Waals surface area contributed by atoms with E-state index in [-0.39, 0.29) is 5.95 Å². The fourth-order valence-corrected chi connectivity index (χ4v) is 1.38. The largest absolute Gasteiger partial charge is 0.366 e. The Hall–Kier alpha value is -1.29. The fraction of sp³-hybridized carbons (Fsp3) is 0.143. The molecule has 2 aromatic heterocycles. The second kappa shape index (κ2) is 2.35. The van der Waals surface area contributed by atoms with E-state index in [4.69, 9.17) is 17.3 Å². The SMILES string of the molecule is Cc1cc(Cl)cn2nc(N)nc12. The molecule has 0 radical (unpaired) electrons. The van der Waals surface area contributed by atoms with Crippen molar-refractivity contribution < 1.29 is 0 Å². The molecule has 0 bridgehead atoms. The molecule has 0 aliphatic carbocycles. The summed E-state index contributed by atoms with van der Waals surface area (Å²) in [5.41, 5.74) is 7.14. The zero-order valence-corrected chi connectivity index (χ0v) is 7.21. The van der Waals surface area contributed by atoms with E-state index in [1.54, 1.807) is 10.7 Å². The molecule has 0 aromatic carbocycles. The van der Waals surface area contributed by atoms with E-state index >= 15 is 0 Å². The maximum absolute atomic E-state index is 5.80. The van der Waals surface area contributed by atoms with Crippen LogP contribution in [0.15, 0.2) is 12.3 Å². The van der Waals surface area contributed by atoms with Crippen LogP contribution in [-0.2, 0) is 0 Å². The molecule has 0 amide bonds. The van der Waals surface area contributed by atoms with Gasteiger partial charge < -0.3 is 5.73 Å². The summed E-state index contributed by atoms with van der Waals surface area (Å²) in [7, 11) is 0. The minimum absolute atomic E-state index is 0.264. The minimum Gasteiger partial charge on any atom is -0.366 e. The van der Waals surface area contributed by atoms with Crippen LogP contribution in [0.2, 0.25) is 5.02 Å². The standard InChI is InChI=1S/C7H7ClN4/c1-4-2-5(8)3-12-6(4)10-7(9)11-12/h2-3H,1H3,(H2,9,11). The van der Waals surface area contributed by atoms with Gasteiger partial charge in [-0.2, -0.15) is 4.98 Å². The van der Waals surface area contributed by atoms with Gasteiger partial charge in [0.2, 0.25) is 5.95 Å². The van der Waals surface area contributed by atoms with Crippen LogP contribution in [0.3, 0.4) is 0 Å². The van der Waals surface area contributed by atoms with Crippen LogP contribution < -0.4 is 5.73 Å². The highest BCUT2D eigenvalue weighted by Crippen LogP contribution is 2.14. The Bertz CT molecular complexity index is 434. The highest BCUT2D eigenvalue weighted by Gasteiger charge is 2.03. The summed E-state index contributed by atoms with van der Waals surface area (Å²) in [6, 6.07) is 1.82. The van der Waals surface area contributed by atoms with E-state index < -0.39 is 0 Å². The molecule has 62 valence electrons. The van der Waals surface area contributed by atoms with Crippen molar-refractivity contribution in [2.45, 2.75) is 6.92 Å². The van der Waals surface area contributed by atoms with Gasteiger partial charge in [0.1, 0.15) is 0 Å². The average molecular weight is 183 g/mol. The number of fused-ring (bicyclic) bond motifs is 1. The summed E-state index contributed by atoms with van der Waals surface area (Å²) in [6.07, 6.45) is 1.67. The minimum atomic E-state index is 0.264. The maximum atomic E-state index is 5.80. The molecule has 4 nitrogen and oxygen atoms in total. The number of hydrogen-bond acceptors (Lipinski definition) is 3. The van der Waals surface area contributed by atoms with Crippen LogP contribution in [-0.4, -0.2) is 14.6 Å². The molecule has 2 aromatic rings. The highest BCUT2D eigenvalue weighted by atomic mass is 35.5. The van der Waals surface area contributed by atoms with Gasteiger partial charge in [0.15, 0.2) is 5.65 Å². The predicted molar refractivity (Wildman–Crippen MR) is 47.1 cm³/mol. The van der Waals surface area contributed by atoms with E-state index in [0.717, 1.165) is 11.2 Å². The molecule has 0 fully saturated rings. The summed E-state index contributed by atoms with van der Waals surface area (Å²) in [5, 5.41) is 4.56. The molecule has 2 heterocycles. The van der Waals surface area contributed by atoms with Crippen molar-refractivity contribution in [3.05, 3.63) is 22.8 Å². The van der Waals surface area contributed by atoms with Crippen molar-refractivity contribution in [1.82, 2.24) is 14.6 Å². The van der Waals surface area contributed by atoms with Gasteiger partial charge in [-0.3, -0.25) is 0 Å². The van der Waals surface area contributed by atoms with Gasteiger partial charge in [-0.05, 0) is 18.6 Å². The van der Waals surface area contributed by atoms with Crippen molar-refractivity contribution >= 4 is 23.2 Å².